The summed E-state index contributed by atoms with van der Waals surface area (Å²) >= 11 is 0. The monoisotopic (exact) mass is 811 g/mol. The summed E-state index contributed by atoms with van der Waals surface area (Å²) in [4.78, 5) is 89.4. The number of aromatic nitrogens is 5. The number of carbonyl (C=O) groups is 6. The molecular formula is C43H38FN9O7. The Hall–Kier alpha value is -7.43. The summed E-state index contributed by atoms with van der Waals surface area (Å²) in [7, 11) is 0. The van der Waals surface area contributed by atoms with Gasteiger partial charge in [0.1, 0.15) is 23.3 Å². The summed E-state index contributed by atoms with van der Waals surface area (Å²) < 4.78 is 22.5. The first-order chi connectivity index (χ1) is 29.1. The van der Waals surface area contributed by atoms with Crippen LogP contribution in [0.4, 0.5) is 4.39 Å². The molecule has 17 heteroatoms. The van der Waals surface area contributed by atoms with Crippen LogP contribution in [0, 0.1) is 5.82 Å². The van der Waals surface area contributed by atoms with Gasteiger partial charge in [0.2, 0.25) is 11.8 Å². The molecule has 2 aliphatic heterocycles. The van der Waals surface area contributed by atoms with Gasteiger partial charge >= 0.3 is 0 Å². The molecule has 6 amide bonds. The number of benzene rings is 3. The van der Waals surface area contributed by atoms with Gasteiger partial charge in [-0.05, 0) is 67.3 Å². The van der Waals surface area contributed by atoms with Gasteiger partial charge in [-0.2, -0.15) is 5.10 Å². The zero-order chi connectivity index (χ0) is 41.8. The van der Waals surface area contributed by atoms with Crippen molar-refractivity contribution in [3.05, 3.63) is 119 Å². The number of rotatable bonds is 15. The number of imidazole rings is 1. The van der Waals surface area contributed by atoms with E-state index >= 15 is 4.39 Å². The number of nitrogens with one attached hydrogen (secondary N) is 3. The number of piperidine rings is 1. The van der Waals surface area contributed by atoms with E-state index in [9.17, 15) is 28.8 Å². The van der Waals surface area contributed by atoms with Gasteiger partial charge in [0.15, 0.2) is 6.61 Å². The second kappa shape index (κ2) is 17.2. The van der Waals surface area contributed by atoms with Crippen LogP contribution in [0.25, 0.3) is 27.9 Å². The van der Waals surface area contributed by atoms with Gasteiger partial charge in [0.25, 0.3) is 29.4 Å². The maximum atomic E-state index is 15.2. The lowest BCUT2D eigenvalue weighted by Gasteiger charge is -2.27. The third-order valence-electron chi connectivity index (χ3n) is 10.4. The first kappa shape index (κ1) is 39.4. The van der Waals surface area contributed by atoms with Crippen molar-refractivity contribution in [3.8, 4) is 17.0 Å². The van der Waals surface area contributed by atoms with Crippen LogP contribution in [0.15, 0.2) is 85.3 Å². The summed E-state index contributed by atoms with van der Waals surface area (Å²) in [5.41, 5.74) is 3.58. The van der Waals surface area contributed by atoms with Gasteiger partial charge in [-0.15, -0.1) is 0 Å². The fourth-order valence-electron chi connectivity index (χ4n) is 7.30. The van der Waals surface area contributed by atoms with Crippen LogP contribution in [-0.2, 0) is 20.8 Å². The maximum Gasteiger partial charge on any atom is 0.266 e. The van der Waals surface area contributed by atoms with Crippen molar-refractivity contribution in [2.45, 2.75) is 51.0 Å². The number of pyridine rings is 1. The number of nitrogens with zero attached hydrogens (tertiary/aromatic N) is 6. The highest BCUT2D eigenvalue weighted by atomic mass is 19.1. The molecule has 1 unspecified atom stereocenters. The zero-order valence-corrected chi connectivity index (χ0v) is 32.2. The second-order valence-corrected chi connectivity index (χ2v) is 14.4. The van der Waals surface area contributed by atoms with E-state index in [2.05, 4.69) is 42.1 Å². The molecule has 3 aromatic carbocycles. The lowest BCUT2D eigenvalue weighted by molar-refractivity contribution is -0.136. The molecule has 0 spiro atoms. The van der Waals surface area contributed by atoms with Crippen molar-refractivity contribution in [1.29, 1.82) is 0 Å². The highest BCUT2D eigenvalue weighted by Gasteiger charge is 2.46. The molecule has 2 aliphatic rings. The van der Waals surface area contributed by atoms with Crippen molar-refractivity contribution in [3.63, 3.8) is 0 Å². The van der Waals surface area contributed by atoms with Crippen molar-refractivity contribution in [1.82, 2.24) is 45.4 Å². The summed E-state index contributed by atoms with van der Waals surface area (Å²) in [6.45, 7) is 0.295. The number of halogens is 1. The Balaban J connectivity index is 0.753. The second-order valence-electron chi connectivity index (χ2n) is 14.4. The molecule has 3 N–H and O–H groups in total. The van der Waals surface area contributed by atoms with Gasteiger partial charge in [0, 0.05) is 43.1 Å². The molecular weight excluding hydrogens is 774 g/mol. The maximum absolute atomic E-state index is 15.2. The molecule has 1 atom stereocenters. The number of fused-ring (bicyclic) bond motifs is 3. The largest absolute Gasteiger partial charge is 0.483 e. The molecule has 1 saturated heterocycles. The predicted molar refractivity (Wildman–Crippen MR) is 213 cm³/mol. The van der Waals surface area contributed by atoms with Crippen molar-refractivity contribution < 1.29 is 37.9 Å². The topological polar surface area (TPSA) is 207 Å². The Kier molecular flexibility index (Phi) is 11.3. The first-order valence-corrected chi connectivity index (χ1v) is 19.5. The number of carbonyl (C=O) groups excluding carboxylic acids is 6. The van der Waals surface area contributed by atoms with Crippen LogP contribution < -0.4 is 20.7 Å². The summed E-state index contributed by atoms with van der Waals surface area (Å²) in [5.74, 6) is -3.78. The van der Waals surface area contributed by atoms with E-state index in [0.29, 0.717) is 49.4 Å². The number of amides is 6. The fourth-order valence-corrected chi connectivity index (χ4v) is 7.30. The Morgan fingerprint density at radius 2 is 1.68 bits per heavy atom. The molecule has 6 aromatic rings. The van der Waals surface area contributed by atoms with Crippen molar-refractivity contribution in [2.75, 3.05) is 19.7 Å². The molecule has 60 heavy (non-hydrogen) atoms. The zero-order valence-electron chi connectivity index (χ0n) is 32.2. The highest BCUT2D eigenvalue weighted by Crippen LogP contribution is 2.33. The molecule has 0 aliphatic carbocycles. The normalized spacial score (nSPS) is 15.0. The lowest BCUT2D eigenvalue weighted by Crippen LogP contribution is -2.54. The Bertz CT molecular complexity index is 2700. The van der Waals surface area contributed by atoms with E-state index in [0.717, 1.165) is 39.9 Å². The van der Waals surface area contributed by atoms with Crippen LogP contribution in [-0.4, -0.2) is 90.6 Å². The molecule has 0 bridgehead atoms. The molecule has 1 fully saturated rings. The third kappa shape index (κ3) is 8.27. The third-order valence-corrected chi connectivity index (χ3v) is 10.4. The number of unbranched alkanes of at least 4 members (excludes halogenated alkanes) is 3. The van der Waals surface area contributed by atoms with Gasteiger partial charge in [-0.3, -0.25) is 44.0 Å². The van der Waals surface area contributed by atoms with E-state index in [1.807, 2.05) is 24.3 Å². The van der Waals surface area contributed by atoms with Crippen LogP contribution in [0.3, 0.4) is 0 Å². The Labute approximate surface area is 341 Å². The molecule has 8 rings (SSSR count). The van der Waals surface area contributed by atoms with E-state index in [-0.39, 0.29) is 35.3 Å². The summed E-state index contributed by atoms with van der Waals surface area (Å²) in [6, 6.07) is 17.6. The molecule has 5 heterocycles. The van der Waals surface area contributed by atoms with Crippen molar-refractivity contribution >= 4 is 52.1 Å². The smallest absolute Gasteiger partial charge is 0.266 e. The standard InChI is InChI=1S/C43H38FN9O7/c44-31-21-27(33-23-49-43-48-22-28(53(43)51-33)20-25-10-13-32-26(19-25)7-6-18-45-32)11-12-29(31)39(56)47-17-4-2-1-3-16-46-37(55)24-60-35-9-5-8-30-38(35)42(59)52(41(30)58)34-14-15-36(54)50-40(34)57/h5-13,18-19,21-23,34H,1-4,14-17,20,24H2,(H,46,55)(H,47,56)(H,50,54,57). The number of imide groups is 2. The van der Waals surface area contributed by atoms with Crippen LogP contribution in [0.5, 0.6) is 5.75 Å². The lowest BCUT2D eigenvalue weighted by atomic mass is 10.0. The molecule has 3 aromatic heterocycles. The predicted octanol–water partition coefficient (Wildman–Crippen LogP) is 3.96. The van der Waals surface area contributed by atoms with Crippen LogP contribution >= 0.6 is 0 Å². The first-order valence-electron chi connectivity index (χ1n) is 19.5. The average Bonchev–Trinajstić information content (AvgIpc) is 3.76. The van der Waals surface area contributed by atoms with Crippen molar-refractivity contribution in [2.24, 2.45) is 0 Å². The van der Waals surface area contributed by atoms with Gasteiger partial charge in [-0.1, -0.05) is 37.1 Å². The molecule has 0 radical (unpaired) electrons. The molecule has 304 valence electrons. The van der Waals surface area contributed by atoms with E-state index in [1.165, 1.54) is 36.5 Å². The number of hydrogen-bond acceptors (Lipinski definition) is 11. The number of ether oxygens (including phenoxy) is 1. The van der Waals surface area contributed by atoms with E-state index in [1.54, 1.807) is 23.0 Å². The average molecular weight is 812 g/mol. The number of hydrogen-bond donors (Lipinski definition) is 3. The van der Waals surface area contributed by atoms with Gasteiger partial charge in [0.05, 0.1) is 40.3 Å². The van der Waals surface area contributed by atoms with E-state index < -0.39 is 53.9 Å². The quantitative estimate of drug-likeness (QED) is 0.1000. The van der Waals surface area contributed by atoms with Gasteiger partial charge < -0.3 is 15.4 Å². The van der Waals surface area contributed by atoms with Crippen LogP contribution in [0.2, 0.25) is 0 Å². The Morgan fingerprint density at radius 3 is 2.50 bits per heavy atom. The molecule has 16 nitrogen and oxygen atoms in total. The fraction of sp³-hybridized carbons (Fsp3) is 0.256. The SMILES string of the molecule is O=C(COc1cccc2c1C(=O)N(C1CCC(=O)NC1=O)C2=O)NCCCCCCNC(=O)c1ccc(-c2cnc3ncc(Cc4ccc5ncccc5c4)n3n2)cc1F. The van der Waals surface area contributed by atoms with E-state index in [4.69, 9.17) is 4.74 Å². The Morgan fingerprint density at radius 1 is 0.867 bits per heavy atom. The highest BCUT2D eigenvalue weighted by molar-refractivity contribution is 6.24. The van der Waals surface area contributed by atoms with Crippen LogP contribution in [0.1, 0.15) is 80.9 Å². The minimum absolute atomic E-state index is 0.000468. The summed E-state index contributed by atoms with van der Waals surface area (Å²) in [5, 5.41) is 13.4. The minimum Gasteiger partial charge on any atom is -0.483 e. The molecule has 0 saturated carbocycles. The summed E-state index contributed by atoms with van der Waals surface area (Å²) in [6.07, 6.45) is 8.36. The van der Waals surface area contributed by atoms with Gasteiger partial charge in [-0.25, -0.2) is 18.9 Å². The minimum atomic E-state index is -1.11.